The van der Waals surface area contributed by atoms with Gasteiger partial charge in [0.1, 0.15) is 12.4 Å². The smallest absolute Gasteiger partial charge is 0.226 e. The summed E-state index contributed by atoms with van der Waals surface area (Å²) in [5.74, 6) is 1.12. The van der Waals surface area contributed by atoms with Gasteiger partial charge in [-0.2, -0.15) is 0 Å². The second-order valence-corrected chi connectivity index (χ2v) is 7.31. The van der Waals surface area contributed by atoms with Crippen molar-refractivity contribution in [3.63, 3.8) is 0 Å². The summed E-state index contributed by atoms with van der Waals surface area (Å²) in [6.45, 7) is 1.86. The van der Waals surface area contributed by atoms with Crippen LogP contribution in [0.4, 0.5) is 0 Å². The number of halogens is 1. The third kappa shape index (κ3) is 4.04. The molecule has 2 N–H and O–H groups in total. The summed E-state index contributed by atoms with van der Waals surface area (Å²) in [6.07, 6.45) is 7.84. The first-order valence-electron chi connectivity index (χ1n) is 9.11. The molecule has 5 heteroatoms. The van der Waals surface area contributed by atoms with Crippen LogP contribution in [0.5, 0.6) is 5.75 Å². The van der Waals surface area contributed by atoms with Crippen molar-refractivity contribution < 1.29 is 9.53 Å². The first-order chi connectivity index (χ1) is 11.7. The summed E-state index contributed by atoms with van der Waals surface area (Å²) in [5, 5.41) is 0.674. The molecule has 3 rings (SSSR count). The monoisotopic (exact) mass is 350 g/mol. The highest BCUT2D eigenvalue weighted by molar-refractivity contribution is 6.31. The quantitative estimate of drug-likeness (QED) is 0.855. The van der Waals surface area contributed by atoms with Gasteiger partial charge in [0.15, 0.2) is 0 Å². The van der Waals surface area contributed by atoms with E-state index in [2.05, 4.69) is 4.90 Å². The van der Waals surface area contributed by atoms with E-state index in [-0.39, 0.29) is 5.92 Å². The summed E-state index contributed by atoms with van der Waals surface area (Å²) in [5.41, 5.74) is 6.47. The molecule has 132 valence electrons. The van der Waals surface area contributed by atoms with Crippen LogP contribution < -0.4 is 10.5 Å². The van der Waals surface area contributed by atoms with Crippen LogP contribution in [0.25, 0.3) is 0 Å². The first-order valence-corrected chi connectivity index (χ1v) is 9.48. The van der Waals surface area contributed by atoms with E-state index in [4.69, 9.17) is 22.1 Å². The van der Waals surface area contributed by atoms with E-state index in [1.165, 1.54) is 32.1 Å². The third-order valence-electron chi connectivity index (χ3n) is 5.24. The number of nitrogens with two attached hydrogens (primary N) is 1. The molecule has 0 aromatic heterocycles. The molecular weight excluding hydrogens is 324 g/mol. The normalized spacial score (nSPS) is 22.2. The number of rotatable bonds is 6. The van der Waals surface area contributed by atoms with Gasteiger partial charge in [-0.3, -0.25) is 4.79 Å². The molecule has 1 saturated carbocycles. The van der Waals surface area contributed by atoms with Crippen LogP contribution in [-0.4, -0.2) is 36.5 Å². The topological polar surface area (TPSA) is 55.6 Å². The number of likely N-dealkylation sites (tertiary alicyclic amines) is 1. The van der Waals surface area contributed by atoms with Crippen LogP contribution in [0.2, 0.25) is 5.02 Å². The van der Waals surface area contributed by atoms with Gasteiger partial charge in [0.2, 0.25) is 5.91 Å². The molecule has 1 saturated heterocycles. The van der Waals surface area contributed by atoms with Gasteiger partial charge in [-0.25, -0.2) is 0 Å². The lowest BCUT2D eigenvalue weighted by atomic mass is 9.94. The molecule has 1 heterocycles. The van der Waals surface area contributed by atoms with Crippen molar-refractivity contribution in [1.82, 2.24) is 4.90 Å². The van der Waals surface area contributed by atoms with Crippen molar-refractivity contribution in [2.24, 2.45) is 11.7 Å². The molecule has 1 unspecified atom stereocenters. The number of hydrogen-bond acceptors (Lipinski definition) is 3. The van der Waals surface area contributed by atoms with E-state index in [1.807, 2.05) is 18.2 Å². The van der Waals surface area contributed by atoms with E-state index >= 15 is 0 Å². The highest BCUT2D eigenvalue weighted by Crippen LogP contribution is 2.32. The predicted octanol–water partition coefficient (Wildman–Crippen LogP) is 3.40. The zero-order chi connectivity index (χ0) is 16.9. The van der Waals surface area contributed by atoms with Crippen molar-refractivity contribution in [3.8, 4) is 5.75 Å². The van der Waals surface area contributed by atoms with Crippen molar-refractivity contribution >= 4 is 17.5 Å². The average Bonchev–Trinajstić information content (AvgIpc) is 2.96. The third-order valence-corrected chi connectivity index (χ3v) is 5.60. The molecule has 2 aliphatic rings. The molecule has 1 aromatic carbocycles. The molecule has 24 heavy (non-hydrogen) atoms. The van der Waals surface area contributed by atoms with Gasteiger partial charge < -0.3 is 15.4 Å². The SMILES string of the molecule is NCCOc1ccc(CC2CCN(C3CCCCC3)C2=O)c(Cl)c1. The fourth-order valence-electron chi connectivity index (χ4n) is 3.93. The number of benzene rings is 1. The summed E-state index contributed by atoms with van der Waals surface area (Å²) in [7, 11) is 0. The number of nitrogens with zero attached hydrogens (tertiary/aromatic N) is 1. The summed E-state index contributed by atoms with van der Waals surface area (Å²) >= 11 is 6.38. The van der Waals surface area contributed by atoms with Crippen LogP contribution in [0, 0.1) is 5.92 Å². The van der Waals surface area contributed by atoms with Crippen LogP contribution in [-0.2, 0) is 11.2 Å². The van der Waals surface area contributed by atoms with Gasteiger partial charge in [0, 0.05) is 30.1 Å². The van der Waals surface area contributed by atoms with Crippen molar-refractivity contribution in [2.75, 3.05) is 19.7 Å². The standard InChI is InChI=1S/C19H27ClN2O2/c20-18-13-17(24-11-9-21)7-6-14(18)12-15-8-10-22(19(15)23)16-4-2-1-3-5-16/h6-7,13,15-16H,1-5,8-12,21H2. The Morgan fingerprint density at radius 2 is 2.00 bits per heavy atom. The van der Waals surface area contributed by atoms with E-state index < -0.39 is 0 Å². The van der Waals surface area contributed by atoms with Crippen molar-refractivity contribution in [2.45, 2.75) is 51.0 Å². The van der Waals surface area contributed by atoms with E-state index in [9.17, 15) is 4.79 Å². The van der Waals surface area contributed by atoms with Crippen LogP contribution in [0.1, 0.15) is 44.1 Å². The number of hydrogen-bond donors (Lipinski definition) is 1. The molecule has 1 amide bonds. The number of amides is 1. The average molecular weight is 351 g/mol. The number of carbonyl (C=O) groups excluding carboxylic acids is 1. The van der Waals surface area contributed by atoms with E-state index in [1.54, 1.807) is 0 Å². The van der Waals surface area contributed by atoms with E-state index in [0.29, 0.717) is 30.1 Å². The van der Waals surface area contributed by atoms with Gasteiger partial charge in [0.05, 0.1) is 0 Å². The first kappa shape index (κ1) is 17.6. The minimum atomic E-state index is 0.0697. The lowest BCUT2D eigenvalue weighted by molar-refractivity contribution is -0.133. The van der Waals surface area contributed by atoms with Gasteiger partial charge in [-0.05, 0) is 43.4 Å². The maximum absolute atomic E-state index is 12.8. The molecule has 1 aliphatic carbocycles. The Kier molecular flexibility index (Phi) is 6.01. The lowest BCUT2D eigenvalue weighted by Gasteiger charge is -2.31. The number of ether oxygens (including phenoxy) is 1. The molecule has 1 aromatic rings. The largest absolute Gasteiger partial charge is 0.492 e. The predicted molar refractivity (Wildman–Crippen MR) is 96.4 cm³/mol. The molecular formula is C19H27ClN2O2. The fourth-order valence-corrected chi connectivity index (χ4v) is 4.18. The minimum absolute atomic E-state index is 0.0697. The highest BCUT2D eigenvalue weighted by Gasteiger charge is 2.36. The van der Waals surface area contributed by atoms with Crippen molar-refractivity contribution in [1.29, 1.82) is 0 Å². The van der Waals surface area contributed by atoms with Gasteiger partial charge >= 0.3 is 0 Å². The van der Waals surface area contributed by atoms with E-state index in [0.717, 1.165) is 30.7 Å². The molecule has 1 aliphatic heterocycles. The molecule has 0 bridgehead atoms. The summed E-state index contributed by atoms with van der Waals surface area (Å²) in [4.78, 5) is 14.9. The minimum Gasteiger partial charge on any atom is -0.492 e. The fraction of sp³-hybridized carbons (Fsp3) is 0.632. The zero-order valence-corrected chi connectivity index (χ0v) is 14.9. The number of carbonyl (C=O) groups is 1. The van der Waals surface area contributed by atoms with Gasteiger partial charge in [-0.1, -0.05) is 36.9 Å². The second-order valence-electron chi connectivity index (χ2n) is 6.90. The molecule has 0 radical (unpaired) electrons. The molecule has 0 spiro atoms. The van der Waals surface area contributed by atoms with Crippen LogP contribution >= 0.6 is 11.6 Å². The Balaban J connectivity index is 1.61. The Morgan fingerprint density at radius 1 is 1.21 bits per heavy atom. The molecule has 1 atom stereocenters. The Bertz CT molecular complexity index is 572. The lowest BCUT2D eigenvalue weighted by Crippen LogP contribution is -2.39. The molecule has 4 nitrogen and oxygen atoms in total. The molecule has 2 fully saturated rings. The maximum atomic E-state index is 12.8. The Hall–Kier alpha value is -1.26. The van der Waals surface area contributed by atoms with Crippen LogP contribution in [0.3, 0.4) is 0 Å². The van der Waals surface area contributed by atoms with Crippen LogP contribution in [0.15, 0.2) is 18.2 Å². The van der Waals surface area contributed by atoms with Crippen molar-refractivity contribution in [3.05, 3.63) is 28.8 Å². The highest BCUT2D eigenvalue weighted by atomic mass is 35.5. The summed E-state index contributed by atoms with van der Waals surface area (Å²) in [6, 6.07) is 6.18. The Morgan fingerprint density at radius 3 is 2.71 bits per heavy atom. The second kappa shape index (κ2) is 8.21. The maximum Gasteiger partial charge on any atom is 0.226 e. The van der Waals surface area contributed by atoms with Gasteiger partial charge in [0.25, 0.3) is 0 Å². The Labute approximate surface area is 149 Å². The summed E-state index contributed by atoms with van der Waals surface area (Å²) < 4.78 is 5.49. The van der Waals surface area contributed by atoms with Gasteiger partial charge in [-0.15, -0.1) is 0 Å². The zero-order valence-electron chi connectivity index (χ0n) is 14.2.